The molecule has 0 N–H and O–H groups in total. The van der Waals surface area contributed by atoms with Gasteiger partial charge >= 0.3 is 0 Å². The number of aryl methyl sites for hydroxylation is 1. The summed E-state index contributed by atoms with van der Waals surface area (Å²) < 4.78 is 4.74. The molecule has 1 heterocycles. The maximum absolute atomic E-state index is 10.2. The zero-order valence-corrected chi connectivity index (χ0v) is 10.7. The number of aromatic nitrogens is 1. The summed E-state index contributed by atoms with van der Waals surface area (Å²) >= 11 is 7.35. The van der Waals surface area contributed by atoms with Crippen molar-refractivity contribution in [2.24, 2.45) is 0 Å². The SMILES string of the molecule is Cc1nc(-c2ccc(Cl)cc2)sc1COC=O. The van der Waals surface area contributed by atoms with Crippen LogP contribution in [0.1, 0.15) is 10.6 Å². The molecule has 1 aromatic carbocycles. The first-order valence-electron chi connectivity index (χ1n) is 4.98. The van der Waals surface area contributed by atoms with Gasteiger partial charge in [0.15, 0.2) is 0 Å². The van der Waals surface area contributed by atoms with E-state index in [0.717, 1.165) is 21.1 Å². The van der Waals surface area contributed by atoms with Gasteiger partial charge in [-0.15, -0.1) is 11.3 Å². The minimum atomic E-state index is 0.278. The van der Waals surface area contributed by atoms with Crippen molar-refractivity contribution in [3.63, 3.8) is 0 Å². The average molecular weight is 268 g/mol. The van der Waals surface area contributed by atoms with E-state index in [1.165, 1.54) is 11.3 Å². The molecule has 88 valence electrons. The van der Waals surface area contributed by atoms with E-state index in [1.807, 2.05) is 31.2 Å². The first-order chi connectivity index (χ1) is 8.20. The summed E-state index contributed by atoms with van der Waals surface area (Å²) in [6.07, 6.45) is 0. The lowest BCUT2D eigenvalue weighted by atomic mass is 10.2. The number of halogens is 1. The Balaban J connectivity index is 2.27. The highest BCUT2D eigenvalue weighted by Gasteiger charge is 2.09. The second kappa shape index (κ2) is 5.29. The van der Waals surface area contributed by atoms with Crippen LogP contribution in [-0.4, -0.2) is 11.5 Å². The van der Waals surface area contributed by atoms with Crippen LogP contribution in [0.5, 0.6) is 0 Å². The van der Waals surface area contributed by atoms with Crippen molar-refractivity contribution < 1.29 is 9.53 Å². The molecule has 5 heteroatoms. The number of carbonyl (C=O) groups is 1. The normalized spacial score (nSPS) is 10.2. The van der Waals surface area contributed by atoms with Crippen LogP contribution in [0, 0.1) is 6.92 Å². The molecule has 0 atom stereocenters. The van der Waals surface area contributed by atoms with Crippen molar-refractivity contribution in [1.29, 1.82) is 0 Å². The van der Waals surface area contributed by atoms with Crippen molar-refractivity contribution in [2.75, 3.05) is 0 Å². The maximum Gasteiger partial charge on any atom is 0.293 e. The van der Waals surface area contributed by atoms with Gasteiger partial charge in [0.25, 0.3) is 6.47 Å². The molecule has 17 heavy (non-hydrogen) atoms. The summed E-state index contributed by atoms with van der Waals surface area (Å²) in [5.74, 6) is 0. The highest BCUT2D eigenvalue weighted by molar-refractivity contribution is 7.15. The number of hydrogen-bond donors (Lipinski definition) is 0. The van der Waals surface area contributed by atoms with Crippen LogP contribution in [0.2, 0.25) is 5.02 Å². The fourth-order valence-corrected chi connectivity index (χ4v) is 2.50. The first kappa shape index (κ1) is 12.1. The van der Waals surface area contributed by atoms with Crippen LogP contribution < -0.4 is 0 Å². The molecule has 2 aromatic rings. The zero-order valence-electron chi connectivity index (χ0n) is 9.14. The quantitative estimate of drug-likeness (QED) is 0.797. The number of carbonyl (C=O) groups excluding carboxylic acids is 1. The summed E-state index contributed by atoms with van der Waals surface area (Å²) in [4.78, 5) is 15.6. The van der Waals surface area contributed by atoms with E-state index in [2.05, 4.69) is 4.98 Å². The minimum Gasteiger partial charge on any atom is -0.462 e. The third-order valence-corrected chi connectivity index (χ3v) is 3.70. The third kappa shape index (κ3) is 2.84. The molecular formula is C12H10ClNO2S. The lowest BCUT2D eigenvalue weighted by Crippen LogP contribution is -1.88. The molecular weight excluding hydrogens is 258 g/mol. The Morgan fingerprint density at radius 3 is 2.76 bits per heavy atom. The van der Waals surface area contributed by atoms with E-state index in [1.54, 1.807) is 0 Å². The summed E-state index contributed by atoms with van der Waals surface area (Å²) in [5.41, 5.74) is 1.90. The smallest absolute Gasteiger partial charge is 0.293 e. The highest BCUT2D eigenvalue weighted by Crippen LogP contribution is 2.29. The Bertz CT molecular complexity index is 522. The molecule has 1 aromatic heterocycles. The van der Waals surface area contributed by atoms with Crippen LogP contribution in [0.4, 0.5) is 0 Å². The van der Waals surface area contributed by atoms with Crippen molar-refractivity contribution in [3.8, 4) is 10.6 Å². The van der Waals surface area contributed by atoms with E-state index in [9.17, 15) is 4.79 Å². The number of thiazole rings is 1. The molecule has 0 saturated heterocycles. The molecule has 0 amide bonds. The fourth-order valence-electron chi connectivity index (χ4n) is 1.39. The van der Waals surface area contributed by atoms with Gasteiger partial charge < -0.3 is 4.74 Å². The van der Waals surface area contributed by atoms with Crippen molar-refractivity contribution in [1.82, 2.24) is 4.98 Å². The van der Waals surface area contributed by atoms with Crippen molar-refractivity contribution in [2.45, 2.75) is 13.5 Å². The molecule has 0 spiro atoms. The van der Waals surface area contributed by atoms with Crippen LogP contribution in [0.3, 0.4) is 0 Å². The average Bonchev–Trinajstić information content (AvgIpc) is 2.69. The van der Waals surface area contributed by atoms with Crippen LogP contribution >= 0.6 is 22.9 Å². The Kier molecular flexibility index (Phi) is 3.76. The standard InChI is InChI=1S/C12H10ClNO2S/c1-8-11(6-16-7-15)17-12(14-8)9-2-4-10(13)5-3-9/h2-5,7H,6H2,1H3. The van der Waals surface area contributed by atoms with Gasteiger partial charge in [-0.2, -0.15) is 0 Å². The van der Waals surface area contributed by atoms with Gasteiger partial charge in [-0.25, -0.2) is 4.98 Å². The van der Waals surface area contributed by atoms with E-state index in [4.69, 9.17) is 16.3 Å². The third-order valence-electron chi connectivity index (χ3n) is 2.27. The highest BCUT2D eigenvalue weighted by atomic mass is 35.5. The van der Waals surface area contributed by atoms with Crippen molar-refractivity contribution >= 4 is 29.4 Å². The number of hydrogen-bond acceptors (Lipinski definition) is 4. The Labute approximate surface area is 108 Å². The summed E-state index contributed by atoms with van der Waals surface area (Å²) in [6, 6.07) is 7.50. The monoisotopic (exact) mass is 267 g/mol. The van der Waals surface area contributed by atoms with E-state index in [-0.39, 0.29) is 6.61 Å². The lowest BCUT2D eigenvalue weighted by molar-refractivity contribution is -0.129. The molecule has 0 fully saturated rings. The van der Waals surface area contributed by atoms with Crippen LogP contribution in [0.15, 0.2) is 24.3 Å². The molecule has 0 aliphatic rings. The Morgan fingerprint density at radius 1 is 1.41 bits per heavy atom. The number of ether oxygens (including phenoxy) is 1. The van der Waals surface area contributed by atoms with E-state index < -0.39 is 0 Å². The maximum atomic E-state index is 10.2. The summed E-state index contributed by atoms with van der Waals surface area (Å²) in [7, 11) is 0. The van der Waals surface area contributed by atoms with Crippen LogP contribution in [0.25, 0.3) is 10.6 Å². The summed E-state index contributed by atoms with van der Waals surface area (Å²) in [5, 5.41) is 1.61. The molecule has 0 unspecified atom stereocenters. The van der Waals surface area contributed by atoms with Gasteiger partial charge in [0, 0.05) is 10.6 Å². The molecule has 0 aliphatic carbocycles. The molecule has 2 rings (SSSR count). The topological polar surface area (TPSA) is 39.2 Å². The Hall–Kier alpha value is -1.39. The number of benzene rings is 1. The second-order valence-corrected chi connectivity index (χ2v) is 4.96. The van der Waals surface area contributed by atoms with Gasteiger partial charge in [-0.05, 0) is 19.1 Å². The molecule has 3 nitrogen and oxygen atoms in total. The van der Waals surface area contributed by atoms with Crippen molar-refractivity contribution in [3.05, 3.63) is 39.9 Å². The van der Waals surface area contributed by atoms with Crippen LogP contribution in [-0.2, 0) is 16.1 Å². The molecule has 0 radical (unpaired) electrons. The molecule has 0 aliphatic heterocycles. The predicted molar refractivity (Wildman–Crippen MR) is 68.2 cm³/mol. The largest absolute Gasteiger partial charge is 0.462 e. The van der Waals surface area contributed by atoms with Gasteiger partial charge in [-0.3, -0.25) is 4.79 Å². The van der Waals surface area contributed by atoms with E-state index >= 15 is 0 Å². The minimum absolute atomic E-state index is 0.278. The molecule has 0 saturated carbocycles. The number of nitrogens with zero attached hydrogens (tertiary/aromatic N) is 1. The first-order valence-corrected chi connectivity index (χ1v) is 6.17. The Morgan fingerprint density at radius 2 is 2.12 bits per heavy atom. The van der Waals surface area contributed by atoms with Gasteiger partial charge in [0.1, 0.15) is 11.6 Å². The predicted octanol–water partition coefficient (Wildman–Crippen LogP) is 3.44. The van der Waals surface area contributed by atoms with E-state index in [0.29, 0.717) is 11.5 Å². The lowest BCUT2D eigenvalue weighted by Gasteiger charge is -1.95. The summed E-state index contributed by atoms with van der Waals surface area (Å²) in [6.45, 7) is 2.63. The zero-order chi connectivity index (χ0) is 12.3. The fraction of sp³-hybridized carbons (Fsp3) is 0.167. The van der Waals surface area contributed by atoms with Gasteiger partial charge in [0.2, 0.25) is 0 Å². The van der Waals surface area contributed by atoms with Gasteiger partial charge in [0.05, 0.1) is 10.6 Å². The second-order valence-electron chi connectivity index (χ2n) is 3.44. The number of rotatable bonds is 4. The van der Waals surface area contributed by atoms with Gasteiger partial charge in [-0.1, -0.05) is 23.7 Å². The molecule has 0 bridgehead atoms.